The van der Waals surface area contributed by atoms with E-state index in [0.29, 0.717) is 13.1 Å². The van der Waals surface area contributed by atoms with Crippen molar-refractivity contribution < 1.29 is 10.0 Å². The zero-order valence-electron chi connectivity index (χ0n) is 11.8. The molecule has 1 aromatic heterocycles. The van der Waals surface area contributed by atoms with Crippen molar-refractivity contribution >= 4 is 5.69 Å². The van der Waals surface area contributed by atoms with Gasteiger partial charge in [-0.1, -0.05) is 24.3 Å². The van der Waals surface area contributed by atoms with Crippen LogP contribution in [-0.2, 0) is 13.2 Å². The van der Waals surface area contributed by atoms with Gasteiger partial charge in [0.1, 0.15) is 12.4 Å². The zero-order valence-corrected chi connectivity index (χ0v) is 11.8. The number of rotatable bonds is 7. The molecule has 0 aliphatic heterocycles. The average molecular weight is 290 g/mol. The molecule has 1 atom stereocenters. The third-order valence-corrected chi connectivity index (χ3v) is 3.26. The first kappa shape index (κ1) is 15.1. The Kier molecular flexibility index (Phi) is 5.02. The minimum atomic E-state index is -0.458. The van der Waals surface area contributed by atoms with E-state index < -0.39 is 4.92 Å². The zero-order chi connectivity index (χ0) is 15.2. The topological polar surface area (TPSA) is 93.2 Å². The van der Waals surface area contributed by atoms with Crippen LogP contribution in [0, 0.1) is 10.1 Å². The maximum atomic E-state index is 10.6. The Labute approximate surface area is 122 Å². The van der Waals surface area contributed by atoms with E-state index in [9.17, 15) is 10.1 Å². The van der Waals surface area contributed by atoms with Crippen LogP contribution in [0.3, 0.4) is 0 Å². The fraction of sp³-hybridized carbons (Fsp3) is 0.357. The number of hydrogen-bond donors (Lipinski definition) is 2. The van der Waals surface area contributed by atoms with E-state index in [1.54, 1.807) is 4.68 Å². The highest BCUT2D eigenvalue weighted by Gasteiger charge is 2.09. The number of aromatic nitrogens is 2. The molecule has 2 N–H and O–H groups in total. The minimum Gasteiger partial charge on any atom is -0.392 e. The van der Waals surface area contributed by atoms with Crippen molar-refractivity contribution in [2.24, 2.45) is 0 Å². The lowest BCUT2D eigenvalue weighted by molar-refractivity contribution is -0.385. The molecule has 7 nitrogen and oxygen atoms in total. The van der Waals surface area contributed by atoms with Gasteiger partial charge in [-0.2, -0.15) is 5.10 Å². The van der Waals surface area contributed by atoms with Crippen LogP contribution in [0.4, 0.5) is 5.69 Å². The van der Waals surface area contributed by atoms with Gasteiger partial charge in [-0.15, -0.1) is 0 Å². The van der Waals surface area contributed by atoms with Crippen LogP contribution < -0.4 is 5.32 Å². The highest BCUT2D eigenvalue weighted by atomic mass is 16.6. The Morgan fingerprint density at radius 3 is 3.00 bits per heavy atom. The fourth-order valence-corrected chi connectivity index (χ4v) is 2.04. The van der Waals surface area contributed by atoms with Crippen LogP contribution in [0.25, 0.3) is 0 Å². The van der Waals surface area contributed by atoms with E-state index in [1.807, 2.05) is 31.2 Å². The summed E-state index contributed by atoms with van der Waals surface area (Å²) in [4.78, 5) is 10.1. The molecular weight excluding hydrogens is 272 g/mol. The lowest BCUT2D eigenvalue weighted by Crippen LogP contribution is -2.23. The molecule has 0 aliphatic rings. The molecular formula is C14H18N4O3. The lowest BCUT2D eigenvalue weighted by Gasteiger charge is -2.15. The summed E-state index contributed by atoms with van der Waals surface area (Å²) < 4.78 is 1.54. The first-order chi connectivity index (χ1) is 10.1. The number of aliphatic hydroxyl groups is 1. The summed E-state index contributed by atoms with van der Waals surface area (Å²) in [7, 11) is 0. The quantitative estimate of drug-likeness (QED) is 0.597. The Balaban J connectivity index is 1.85. The summed E-state index contributed by atoms with van der Waals surface area (Å²) >= 11 is 0. The van der Waals surface area contributed by atoms with Gasteiger partial charge in [0.15, 0.2) is 0 Å². The summed E-state index contributed by atoms with van der Waals surface area (Å²) in [5, 5.41) is 26.9. The molecule has 1 aromatic carbocycles. The molecule has 0 saturated carbocycles. The second kappa shape index (κ2) is 6.96. The third kappa shape index (κ3) is 4.11. The molecule has 2 rings (SSSR count). The Morgan fingerprint density at radius 2 is 2.33 bits per heavy atom. The summed E-state index contributed by atoms with van der Waals surface area (Å²) in [6.45, 7) is 3.25. The van der Waals surface area contributed by atoms with Crippen molar-refractivity contribution in [3.05, 3.63) is 57.9 Å². The SMILES string of the molecule is CC(NCCn1cc([N+](=O)[O-])cn1)c1cccc(CO)c1. The molecule has 0 bridgehead atoms. The fourth-order valence-electron chi connectivity index (χ4n) is 2.04. The third-order valence-electron chi connectivity index (χ3n) is 3.26. The predicted octanol–water partition coefficient (Wildman–Crippen LogP) is 1.63. The van der Waals surface area contributed by atoms with Gasteiger partial charge in [0.2, 0.25) is 0 Å². The van der Waals surface area contributed by atoms with Crippen molar-refractivity contribution in [3.8, 4) is 0 Å². The second-order valence-corrected chi connectivity index (χ2v) is 4.80. The Morgan fingerprint density at radius 1 is 1.52 bits per heavy atom. The van der Waals surface area contributed by atoms with Gasteiger partial charge in [-0.05, 0) is 18.1 Å². The van der Waals surface area contributed by atoms with Crippen molar-refractivity contribution in [2.45, 2.75) is 26.1 Å². The molecule has 7 heteroatoms. The van der Waals surface area contributed by atoms with Crippen molar-refractivity contribution in [1.29, 1.82) is 0 Å². The van der Waals surface area contributed by atoms with Gasteiger partial charge in [-0.3, -0.25) is 14.8 Å². The normalized spacial score (nSPS) is 12.3. The van der Waals surface area contributed by atoms with Crippen LogP contribution in [0.1, 0.15) is 24.1 Å². The van der Waals surface area contributed by atoms with E-state index in [4.69, 9.17) is 5.11 Å². The lowest BCUT2D eigenvalue weighted by atomic mass is 10.1. The van der Waals surface area contributed by atoms with Gasteiger partial charge in [0.05, 0.1) is 18.1 Å². The predicted molar refractivity (Wildman–Crippen MR) is 77.7 cm³/mol. The van der Waals surface area contributed by atoms with Gasteiger partial charge in [-0.25, -0.2) is 0 Å². The summed E-state index contributed by atoms with van der Waals surface area (Å²) in [5.41, 5.74) is 1.97. The van der Waals surface area contributed by atoms with Gasteiger partial charge >= 0.3 is 5.69 Å². The molecule has 0 fully saturated rings. The summed E-state index contributed by atoms with van der Waals surface area (Å²) in [5.74, 6) is 0. The van der Waals surface area contributed by atoms with Gasteiger partial charge in [0, 0.05) is 12.6 Å². The van der Waals surface area contributed by atoms with Crippen molar-refractivity contribution in [1.82, 2.24) is 15.1 Å². The molecule has 112 valence electrons. The van der Waals surface area contributed by atoms with E-state index in [1.165, 1.54) is 12.4 Å². The first-order valence-electron chi connectivity index (χ1n) is 6.70. The molecule has 0 radical (unpaired) electrons. The van der Waals surface area contributed by atoms with Crippen LogP contribution in [0.5, 0.6) is 0 Å². The summed E-state index contributed by atoms with van der Waals surface area (Å²) in [6, 6.07) is 7.86. The maximum Gasteiger partial charge on any atom is 0.306 e. The van der Waals surface area contributed by atoms with E-state index >= 15 is 0 Å². The number of nitro groups is 1. The van der Waals surface area contributed by atoms with Crippen molar-refractivity contribution in [2.75, 3.05) is 6.54 Å². The van der Waals surface area contributed by atoms with Crippen LogP contribution in [0.2, 0.25) is 0 Å². The Bertz CT molecular complexity index is 612. The summed E-state index contributed by atoms with van der Waals surface area (Å²) in [6.07, 6.45) is 2.66. The molecule has 0 amide bonds. The number of nitrogens with one attached hydrogen (secondary N) is 1. The smallest absolute Gasteiger partial charge is 0.306 e. The van der Waals surface area contributed by atoms with E-state index in [0.717, 1.165) is 11.1 Å². The second-order valence-electron chi connectivity index (χ2n) is 4.80. The van der Waals surface area contributed by atoms with Gasteiger partial charge in [0.25, 0.3) is 0 Å². The number of aliphatic hydroxyl groups excluding tert-OH is 1. The average Bonchev–Trinajstić information content (AvgIpc) is 2.96. The number of hydrogen-bond acceptors (Lipinski definition) is 5. The van der Waals surface area contributed by atoms with Crippen LogP contribution >= 0.6 is 0 Å². The van der Waals surface area contributed by atoms with Crippen LogP contribution in [-0.4, -0.2) is 26.4 Å². The van der Waals surface area contributed by atoms with E-state index in [-0.39, 0.29) is 18.3 Å². The molecule has 2 aromatic rings. The highest BCUT2D eigenvalue weighted by Crippen LogP contribution is 2.14. The molecule has 1 heterocycles. The monoisotopic (exact) mass is 290 g/mol. The maximum absolute atomic E-state index is 10.6. The Hall–Kier alpha value is -2.25. The van der Waals surface area contributed by atoms with Crippen molar-refractivity contribution in [3.63, 3.8) is 0 Å². The van der Waals surface area contributed by atoms with E-state index in [2.05, 4.69) is 10.4 Å². The standard InChI is InChI=1S/C14H18N4O3/c1-11(13-4-2-3-12(7-13)10-19)15-5-6-17-9-14(8-16-17)18(20)21/h2-4,7-9,11,15,19H,5-6,10H2,1H3. The number of nitrogens with zero attached hydrogens (tertiary/aromatic N) is 3. The van der Waals surface area contributed by atoms with Crippen LogP contribution in [0.15, 0.2) is 36.7 Å². The molecule has 21 heavy (non-hydrogen) atoms. The molecule has 0 spiro atoms. The first-order valence-corrected chi connectivity index (χ1v) is 6.70. The number of benzene rings is 1. The minimum absolute atomic E-state index is 0.00121. The molecule has 0 saturated heterocycles. The molecule has 0 aliphatic carbocycles. The highest BCUT2D eigenvalue weighted by molar-refractivity contribution is 5.25. The molecule has 1 unspecified atom stereocenters. The van der Waals surface area contributed by atoms with Gasteiger partial charge < -0.3 is 10.4 Å². The largest absolute Gasteiger partial charge is 0.392 e.